The molecule has 1 N–H and O–H groups in total. The van der Waals surface area contributed by atoms with Crippen molar-refractivity contribution in [3.8, 4) is 0 Å². The number of carboxylic acid groups (broad SMARTS) is 1. The Morgan fingerprint density at radius 3 is 2.62 bits per heavy atom. The Morgan fingerprint density at radius 2 is 2.00 bits per heavy atom. The van der Waals surface area contributed by atoms with E-state index in [0.29, 0.717) is 13.0 Å². The summed E-state index contributed by atoms with van der Waals surface area (Å²) >= 11 is 0. The van der Waals surface area contributed by atoms with Gasteiger partial charge in [0.15, 0.2) is 0 Å². The van der Waals surface area contributed by atoms with Crippen LogP contribution >= 0.6 is 0 Å². The second-order valence-corrected chi connectivity index (χ2v) is 5.19. The monoisotopic (exact) mass is 207 g/mol. The fourth-order valence-electron chi connectivity index (χ4n) is 1.35. The van der Waals surface area contributed by atoms with Gasteiger partial charge in [-0.05, 0) is 12.8 Å². The largest absolute Gasteiger partial charge is 0.480 e. The minimum absolute atomic E-state index is 0.0836. The molecule has 0 aromatic heterocycles. The number of rotatable bonds is 2. The summed E-state index contributed by atoms with van der Waals surface area (Å²) < 4.78 is 23.9. The van der Waals surface area contributed by atoms with Crippen molar-refractivity contribution in [3.63, 3.8) is 0 Å². The van der Waals surface area contributed by atoms with Crippen LogP contribution in [0.1, 0.15) is 19.3 Å². The Bertz CT molecular complexity index is 285. The molecule has 0 aliphatic carbocycles. The van der Waals surface area contributed by atoms with Gasteiger partial charge in [-0.3, -0.25) is 4.79 Å². The van der Waals surface area contributed by atoms with E-state index in [0.717, 1.165) is 17.1 Å². The van der Waals surface area contributed by atoms with Gasteiger partial charge in [0.05, 0.1) is 5.75 Å². The van der Waals surface area contributed by atoms with Gasteiger partial charge in [0, 0.05) is 6.54 Å². The highest BCUT2D eigenvalue weighted by Crippen LogP contribution is 2.12. The summed E-state index contributed by atoms with van der Waals surface area (Å²) in [6.45, 7) is -0.0586. The van der Waals surface area contributed by atoms with Gasteiger partial charge in [0.1, 0.15) is 6.54 Å². The van der Waals surface area contributed by atoms with Crippen LogP contribution in [0.3, 0.4) is 0 Å². The Kier molecular flexibility index (Phi) is 3.27. The first-order chi connectivity index (χ1) is 6.02. The zero-order valence-electron chi connectivity index (χ0n) is 7.27. The summed E-state index contributed by atoms with van der Waals surface area (Å²) in [5, 5.41) is 8.48. The Morgan fingerprint density at radius 1 is 1.31 bits per heavy atom. The molecule has 0 spiro atoms. The summed E-state index contributed by atoms with van der Waals surface area (Å²) in [5.74, 6) is -1.01. The lowest BCUT2D eigenvalue weighted by Crippen LogP contribution is -2.36. The molecule has 0 unspecified atom stereocenters. The molecule has 0 radical (unpaired) electrons. The molecule has 1 fully saturated rings. The van der Waals surface area contributed by atoms with Gasteiger partial charge in [0.2, 0.25) is 10.0 Å². The molecule has 1 aliphatic heterocycles. The van der Waals surface area contributed by atoms with Crippen LogP contribution < -0.4 is 0 Å². The minimum atomic E-state index is -3.30. The third kappa shape index (κ3) is 2.96. The lowest BCUT2D eigenvalue weighted by molar-refractivity contribution is -0.137. The number of carbonyl (C=O) groups is 1. The number of sulfonamides is 1. The van der Waals surface area contributed by atoms with Crippen molar-refractivity contribution in [2.45, 2.75) is 19.3 Å². The third-order valence-electron chi connectivity index (χ3n) is 2.01. The van der Waals surface area contributed by atoms with Gasteiger partial charge < -0.3 is 5.11 Å². The van der Waals surface area contributed by atoms with Gasteiger partial charge in [0.25, 0.3) is 0 Å². The molecule has 0 atom stereocenters. The second-order valence-electron chi connectivity index (χ2n) is 3.10. The molecule has 0 saturated carbocycles. The maximum atomic E-state index is 11.4. The summed E-state index contributed by atoms with van der Waals surface area (Å²) in [5.41, 5.74) is 0. The zero-order valence-corrected chi connectivity index (χ0v) is 8.09. The SMILES string of the molecule is O=C(O)CN1CCCCCS1(=O)=O. The first-order valence-corrected chi connectivity index (χ1v) is 5.83. The predicted octanol–water partition coefficient (Wildman–Crippen LogP) is -0.113. The van der Waals surface area contributed by atoms with Crippen molar-refractivity contribution in [2.24, 2.45) is 0 Å². The summed E-state index contributed by atoms with van der Waals surface area (Å²) in [6.07, 6.45) is 2.25. The first kappa shape index (κ1) is 10.5. The molecule has 1 heterocycles. The molecule has 76 valence electrons. The quantitative estimate of drug-likeness (QED) is 0.685. The number of hydrogen-bond acceptors (Lipinski definition) is 3. The standard InChI is InChI=1S/C7H13NO4S/c9-7(10)6-8-4-2-1-3-5-13(8,11)12/h1-6H2,(H,9,10). The topological polar surface area (TPSA) is 74.7 Å². The summed E-state index contributed by atoms with van der Waals surface area (Å²) in [4.78, 5) is 10.4. The summed E-state index contributed by atoms with van der Waals surface area (Å²) in [7, 11) is -3.30. The fourth-order valence-corrected chi connectivity index (χ4v) is 2.89. The van der Waals surface area contributed by atoms with Gasteiger partial charge in [-0.1, -0.05) is 6.42 Å². The van der Waals surface area contributed by atoms with E-state index in [9.17, 15) is 13.2 Å². The zero-order chi connectivity index (χ0) is 9.90. The summed E-state index contributed by atoms with van der Waals surface area (Å²) in [6, 6.07) is 0. The average molecular weight is 207 g/mol. The highest BCUT2D eigenvalue weighted by molar-refractivity contribution is 7.89. The van der Waals surface area contributed by atoms with Gasteiger partial charge >= 0.3 is 5.97 Å². The second kappa shape index (κ2) is 4.06. The van der Waals surface area contributed by atoms with E-state index in [1.807, 2.05) is 0 Å². The van der Waals surface area contributed by atoms with E-state index in [1.54, 1.807) is 0 Å². The minimum Gasteiger partial charge on any atom is -0.480 e. The van der Waals surface area contributed by atoms with E-state index in [-0.39, 0.29) is 5.75 Å². The highest BCUT2D eigenvalue weighted by Gasteiger charge is 2.25. The van der Waals surface area contributed by atoms with E-state index >= 15 is 0 Å². The Balaban J connectivity index is 2.72. The first-order valence-electron chi connectivity index (χ1n) is 4.22. The van der Waals surface area contributed by atoms with E-state index in [2.05, 4.69) is 0 Å². The van der Waals surface area contributed by atoms with Crippen molar-refractivity contribution in [2.75, 3.05) is 18.8 Å². The van der Waals surface area contributed by atoms with Crippen molar-refractivity contribution in [1.29, 1.82) is 0 Å². The highest BCUT2D eigenvalue weighted by atomic mass is 32.2. The molecule has 1 rings (SSSR count). The molecule has 0 aromatic carbocycles. The van der Waals surface area contributed by atoms with Crippen molar-refractivity contribution in [1.82, 2.24) is 4.31 Å². The van der Waals surface area contributed by atoms with Crippen LogP contribution in [0.5, 0.6) is 0 Å². The van der Waals surface area contributed by atoms with Gasteiger partial charge in [-0.2, -0.15) is 4.31 Å². The molecule has 13 heavy (non-hydrogen) atoms. The van der Waals surface area contributed by atoms with Crippen LogP contribution in [0.2, 0.25) is 0 Å². The normalized spacial score (nSPS) is 23.7. The number of hydrogen-bond donors (Lipinski definition) is 1. The Labute approximate surface area is 77.4 Å². The maximum Gasteiger partial charge on any atom is 0.318 e. The third-order valence-corrected chi connectivity index (χ3v) is 3.92. The Hall–Kier alpha value is -0.620. The maximum absolute atomic E-state index is 11.4. The molecule has 0 amide bonds. The molecule has 0 aromatic rings. The number of carboxylic acids is 1. The molecule has 6 heteroatoms. The molecule has 1 aliphatic rings. The van der Waals surface area contributed by atoms with Gasteiger partial charge in [-0.25, -0.2) is 8.42 Å². The van der Waals surface area contributed by atoms with Crippen LogP contribution in [0, 0.1) is 0 Å². The van der Waals surface area contributed by atoms with Crippen LogP contribution in [0.4, 0.5) is 0 Å². The smallest absolute Gasteiger partial charge is 0.318 e. The van der Waals surface area contributed by atoms with Gasteiger partial charge in [-0.15, -0.1) is 0 Å². The van der Waals surface area contributed by atoms with Crippen LogP contribution in [0.15, 0.2) is 0 Å². The predicted molar refractivity (Wildman–Crippen MR) is 46.8 cm³/mol. The van der Waals surface area contributed by atoms with E-state index < -0.39 is 22.5 Å². The van der Waals surface area contributed by atoms with Crippen molar-refractivity contribution < 1.29 is 18.3 Å². The lowest BCUT2D eigenvalue weighted by atomic mass is 10.2. The molecular formula is C7H13NO4S. The number of nitrogens with zero attached hydrogens (tertiary/aromatic N) is 1. The van der Waals surface area contributed by atoms with Crippen LogP contribution in [-0.4, -0.2) is 42.6 Å². The van der Waals surface area contributed by atoms with Crippen LogP contribution in [-0.2, 0) is 14.8 Å². The molecule has 1 saturated heterocycles. The van der Waals surface area contributed by atoms with E-state index in [4.69, 9.17) is 5.11 Å². The number of aliphatic carboxylic acids is 1. The average Bonchev–Trinajstić information content (AvgIpc) is 2.13. The van der Waals surface area contributed by atoms with E-state index in [1.165, 1.54) is 0 Å². The molecule has 0 bridgehead atoms. The molecular weight excluding hydrogens is 194 g/mol. The van der Waals surface area contributed by atoms with Crippen molar-refractivity contribution in [3.05, 3.63) is 0 Å². The van der Waals surface area contributed by atoms with Crippen molar-refractivity contribution >= 4 is 16.0 Å². The lowest BCUT2D eigenvalue weighted by Gasteiger charge is -2.16. The molecule has 5 nitrogen and oxygen atoms in total. The fraction of sp³-hybridized carbons (Fsp3) is 0.857. The van der Waals surface area contributed by atoms with Crippen LogP contribution in [0.25, 0.3) is 0 Å².